The van der Waals surface area contributed by atoms with Gasteiger partial charge in [0.25, 0.3) is 0 Å². The molecule has 3 heteroatoms. The monoisotopic (exact) mass is 263 g/mol. The van der Waals surface area contributed by atoms with Gasteiger partial charge in [0.1, 0.15) is 5.82 Å². The molecule has 0 spiro atoms. The summed E-state index contributed by atoms with van der Waals surface area (Å²) in [4.78, 5) is 0. The van der Waals surface area contributed by atoms with Gasteiger partial charge in [0.05, 0.1) is 0 Å². The summed E-state index contributed by atoms with van der Waals surface area (Å²) in [6, 6.07) is 5.75. The predicted octanol–water partition coefficient (Wildman–Crippen LogP) is 3.22. The molecule has 1 aromatic rings. The molecule has 1 aromatic carbocycles. The van der Waals surface area contributed by atoms with E-state index in [0.29, 0.717) is 6.04 Å². The Bertz CT molecular complexity index is 431. The van der Waals surface area contributed by atoms with Crippen molar-refractivity contribution in [2.45, 2.75) is 38.1 Å². The van der Waals surface area contributed by atoms with Crippen LogP contribution in [0.5, 0.6) is 0 Å². The number of nitrogens with one attached hydrogen (secondary N) is 1. The summed E-state index contributed by atoms with van der Waals surface area (Å²) in [7, 11) is 0. The highest BCUT2D eigenvalue weighted by molar-refractivity contribution is 5.35. The van der Waals surface area contributed by atoms with Crippen LogP contribution in [0.3, 0.4) is 0 Å². The fourth-order valence-corrected chi connectivity index (χ4v) is 2.81. The number of fused-ring (bicyclic) bond motifs is 1. The quantitative estimate of drug-likeness (QED) is 0.763. The summed E-state index contributed by atoms with van der Waals surface area (Å²) in [6.07, 6.45) is 5.61. The molecule has 1 saturated carbocycles. The molecule has 0 heterocycles. The molecule has 2 nitrogen and oxygen atoms in total. The standard InChI is InChI=1S/C16H22FNO/c17-15-4-1-3-14-13(15)7-8-16(14)18-9-2-10-19-11-12-5-6-12/h1,3-4,12,16,18H,2,5-11H2. The van der Waals surface area contributed by atoms with Crippen molar-refractivity contribution in [1.82, 2.24) is 5.32 Å². The van der Waals surface area contributed by atoms with E-state index in [0.717, 1.165) is 56.1 Å². The number of rotatable bonds is 7. The largest absolute Gasteiger partial charge is 0.381 e. The van der Waals surface area contributed by atoms with E-state index in [1.807, 2.05) is 12.1 Å². The number of benzene rings is 1. The Kier molecular flexibility index (Phi) is 4.14. The molecule has 2 aliphatic carbocycles. The Balaban J connectivity index is 1.38. The maximum Gasteiger partial charge on any atom is 0.126 e. The van der Waals surface area contributed by atoms with Crippen LogP contribution in [0.4, 0.5) is 4.39 Å². The number of hydrogen-bond donors (Lipinski definition) is 1. The topological polar surface area (TPSA) is 21.3 Å². The molecule has 104 valence electrons. The Morgan fingerprint density at radius 3 is 3.00 bits per heavy atom. The number of ether oxygens (including phenoxy) is 1. The Labute approximate surface area is 114 Å². The van der Waals surface area contributed by atoms with Gasteiger partial charge in [-0.25, -0.2) is 4.39 Å². The Morgan fingerprint density at radius 1 is 1.26 bits per heavy atom. The van der Waals surface area contributed by atoms with Gasteiger partial charge in [-0.15, -0.1) is 0 Å². The van der Waals surface area contributed by atoms with Gasteiger partial charge in [-0.3, -0.25) is 0 Å². The van der Waals surface area contributed by atoms with Crippen LogP contribution in [-0.2, 0) is 11.2 Å². The first-order valence-corrected chi connectivity index (χ1v) is 7.43. The van der Waals surface area contributed by atoms with Gasteiger partial charge in [-0.2, -0.15) is 0 Å². The summed E-state index contributed by atoms with van der Waals surface area (Å²) in [5.41, 5.74) is 2.06. The SMILES string of the molecule is Fc1cccc2c1CCC2NCCCOCC1CC1. The average Bonchev–Trinajstić information content (AvgIpc) is 3.14. The van der Waals surface area contributed by atoms with Gasteiger partial charge in [0, 0.05) is 19.3 Å². The number of hydrogen-bond acceptors (Lipinski definition) is 2. The molecule has 0 amide bonds. The molecule has 0 aliphatic heterocycles. The molecule has 1 atom stereocenters. The minimum atomic E-state index is -0.0467. The van der Waals surface area contributed by atoms with E-state index in [1.54, 1.807) is 6.07 Å². The van der Waals surface area contributed by atoms with Crippen LogP contribution in [-0.4, -0.2) is 19.8 Å². The van der Waals surface area contributed by atoms with E-state index >= 15 is 0 Å². The highest BCUT2D eigenvalue weighted by Gasteiger charge is 2.24. The van der Waals surface area contributed by atoms with Crippen molar-refractivity contribution in [3.8, 4) is 0 Å². The molecule has 3 rings (SSSR count). The first-order chi connectivity index (χ1) is 9.34. The van der Waals surface area contributed by atoms with Crippen molar-refractivity contribution in [3.05, 3.63) is 35.1 Å². The average molecular weight is 263 g/mol. The molecule has 19 heavy (non-hydrogen) atoms. The van der Waals surface area contributed by atoms with E-state index in [9.17, 15) is 4.39 Å². The predicted molar refractivity (Wildman–Crippen MR) is 73.6 cm³/mol. The van der Waals surface area contributed by atoms with Crippen molar-refractivity contribution in [1.29, 1.82) is 0 Å². The van der Waals surface area contributed by atoms with Crippen LogP contribution in [0.15, 0.2) is 18.2 Å². The van der Waals surface area contributed by atoms with E-state index in [4.69, 9.17) is 4.74 Å². The third-order valence-corrected chi connectivity index (χ3v) is 4.12. The molecule has 0 aromatic heterocycles. The lowest BCUT2D eigenvalue weighted by molar-refractivity contribution is 0.121. The van der Waals surface area contributed by atoms with Crippen LogP contribution in [0.2, 0.25) is 0 Å². The van der Waals surface area contributed by atoms with Gasteiger partial charge < -0.3 is 10.1 Å². The normalized spacial score (nSPS) is 21.6. The Hall–Kier alpha value is -0.930. The lowest BCUT2D eigenvalue weighted by Crippen LogP contribution is -2.21. The molecule has 2 aliphatic rings. The van der Waals surface area contributed by atoms with E-state index in [1.165, 1.54) is 12.8 Å². The third kappa shape index (κ3) is 3.34. The summed E-state index contributed by atoms with van der Waals surface area (Å²) in [5, 5.41) is 3.52. The highest BCUT2D eigenvalue weighted by atomic mass is 19.1. The van der Waals surface area contributed by atoms with Gasteiger partial charge in [0.15, 0.2) is 0 Å². The fraction of sp³-hybridized carbons (Fsp3) is 0.625. The molecule has 1 fully saturated rings. The fourth-order valence-electron chi connectivity index (χ4n) is 2.81. The zero-order chi connectivity index (χ0) is 13.1. The van der Waals surface area contributed by atoms with E-state index in [-0.39, 0.29) is 5.82 Å². The molecule has 0 saturated heterocycles. The third-order valence-electron chi connectivity index (χ3n) is 4.12. The zero-order valence-corrected chi connectivity index (χ0v) is 11.3. The first kappa shape index (κ1) is 13.1. The van der Waals surface area contributed by atoms with Crippen LogP contribution in [0.1, 0.15) is 42.9 Å². The van der Waals surface area contributed by atoms with Crippen molar-refractivity contribution >= 4 is 0 Å². The second kappa shape index (κ2) is 6.02. The molecule has 0 radical (unpaired) electrons. The molecular formula is C16H22FNO. The van der Waals surface area contributed by atoms with E-state index < -0.39 is 0 Å². The smallest absolute Gasteiger partial charge is 0.126 e. The van der Waals surface area contributed by atoms with Crippen molar-refractivity contribution < 1.29 is 9.13 Å². The van der Waals surface area contributed by atoms with Crippen LogP contribution in [0.25, 0.3) is 0 Å². The minimum absolute atomic E-state index is 0.0467. The van der Waals surface area contributed by atoms with Crippen LogP contribution < -0.4 is 5.32 Å². The molecule has 1 unspecified atom stereocenters. The van der Waals surface area contributed by atoms with Gasteiger partial charge in [-0.1, -0.05) is 12.1 Å². The summed E-state index contributed by atoms with van der Waals surface area (Å²) < 4.78 is 19.2. The molecule has 1 N–H and O–H groups in total. The zero-order valence-electron chi connectivity index (χ0n) is 11.3. The summed E-state index contributed by atoms with van der Waals surface area (Å²) >= 11 is 0. The maximum atomic E-state index is 13.6. The minimum Gasteiger partial charge on any atom is -0.381 e. The van der Waals surface area contributed by atoms with Crippen molar-refractivity contribution in [2.24, 2.45) is 5.92 Å². The molecular weight excluding hydrogens is 241 g/mol. The number of halogens is 1. The summed E-state index contributed by atoms with van der Waals surface area (Å²) in [6.45, 7) is 2.73. The van der Waals surface area contributed by atoms with Gasteiger partial charge in [-0.05, 0) is 61.8 Å². The maximum absolute atomic E-state index is 13.6. The lowest BCUT2D eigenvalue weighted by atomic mass is 10.1. The highest BCUT2D eigenvalue weighted by Crippen LogP contribution is 2.32. The van der Waals surface area contributed by atoms with Gasteiger partial charge in [0.2, 0.25) is 0 Å². The first-order valence-electron chi connectivity index (χ1n) is 7.43. The summed E-state index contributed by atoms with van der Waals surface area (Å²) in [5.74, 6) is 0.798. The molecule has 0 bridgehead atoms. The van der Waals surface area contributed by atoms with Crippen molar-refractivity contribution in [3.63, 3.8) is 0 Å². The van der Waals surface area contributed by atoms with Crippen molar-refractivity contribution in [2.75, 3.05) is 19.8 Å². The van der Waals surface area contributed by atoms with Gasteiger partial charge >= 0.3 is 0 Å². The second-order valence-electron chi connectivity index (χ2n) is 5.72. The Morgan fingerprint density at radius 2 is 2.16 bits per heavy atom. The lowest BCUT2D eigenvalue weighted by Gasteiger charge is -2.14. The van der Waals surface area contributed by atoms with E-state index in [2.05, 4.69) is 5.32 Å². The van der Waals surface area contributed by atoms with Crippen LogP contribution >= 0.6 is 0 Å². The van der Waals surface area contributed by atoms with Crippen LogP contribution in [0, 0.1) is 11.7 Å². The second-order valence-corrected chi connectivity index (χ2v) is 5.72.